The topological polar surface area (TPSA) is 42.9 Å². The van der Waals surface area contributed by atoms with Crippen LogP contribution in [0.4, 0.5) is 0 Å². The standard InChI is InChI=1S/C15H11N2O/c1-2-12(14-7-3-5-9-16-14)13(11-18)15-8-4-6-10-17-15/h2-10H,1H2/b13-12-. The molecule has 1 radical (unpaired) electrons. The number of hydrogen-bond acceptors (Lipinski definition) is 3. The number of rotatable bonds is 4. The summed E-state index contributed by atoms with van der Waals surface area (Å²) in [5.41, 5.74) is 2.23. The van der Waals surface area contributed by atoms with E-state index in [1.165, 1.54) is 0 Å². The van der Waals surface area contributed by atoms with E-state index in [4.69, 9.17) is 0 Å². The van der Waals surface area contributed by atoms with Gasteiger partial charge in [-0.3, -0.25) is 14.8 Å². The van der Waals surface area contributed by atoms with Crippen LogP contribution in [0.3, 0.4) is 0 Å². The molecular formula is C15H11N2O. The zero-order valence-electron chi connectivity index (χ0n) is 9.71. The second-order valence-corrected chi connectivity index (χ2v) is 3.52. The third kappa shape index (κ3) is 2.40. The van der Waals surface area contributed by atoms with Crippen molar-refractivity contribution in [2.45, 2.75) is 0 Å². The molecule has 87 valence electrons. The fourth-order valence-electron chi connectivity index (χ4n) is 1.61. The van der Waals surface area contributed by atoms with Gasteiger partial charge in [0, 0.05) is 18.0 Å². The first kappa shape index (κ1) is 11.9. The molecule has 18 heavy (non-hydrogen) atoms. The van der Waals surface area contributed by atoms with E-state index in [2.05, 4.69) is 16.5 Å². The lowest BCUT2D eigenvalue weighted by Gasteiger charge is -2.05. The highest BCUT2D eigenvalue weighted by Crippen LogP contribution is 2.22. The Morgan fingerprint density at radius 2 is 1.67 bits per heavy atom. The van der Waals surface area contributed by atoms with Gasteiger partial charge >= 0.3 is 0 Å². The molecule has 3 heteroatoms. The summed E-state index contributed by atoms with van der Waals surface area (Å²) < 4.78 is 0. The molecule has 0 fully saturated rings. The molecule has 0 unspecified atom stereocenters. The van der Waals surface area contributed by atoms with Gasteiger partial charge in [-0.25, -0.2) is 0 Å². The monoisotopic (exact) mass is 235 g/mol. The summed E-state index contributed by atoms with van der Waals surface area (Å²) in [6, 6.07) is 10.9. The number of pyridine rings is 2. The normalized spacial score (nSPS) is 11.6. The molecule has 0 aromatic carbocycles. The molecule has 0 aliphatic rings. The van der Waals surface area contributed by atoms with Crippen molar-refractivity contribution < 1.29 is 4.79 Å². The lowest BCUT2D eigenvalue weighted by Crippen LogP contribution is -1.95. The van der Waals surface area contributed by atoms with Crippen molar-refractivity contribution in [1.29, 1.82) is 0 Å². The molecule has 0 saturated heterocycles. The van der Waals surface area contributed by atoms with Crippen molar-refractivity contribution in [3.63, 3.8) is 0 Å². The minimum atomic E-state index is 0.365. The number of carbonyl (C=O) groups excluding carboxylic acids is 1. The van der Waals surface area contributed by atoms with E-state index in [0.717, 1.165) is 0 Å². The molecule has 2 aromatic heterocycles. The van der Waals surface area contributed by atoms with Gasteiger partial charge in [0.15, 0.2) is 0 Å². The molecule has 2 rings (SSSR count). The maximum absolute atomic E-state index is 11.2. The van der Waals surface area contributed by atoms with Crippen molar-refractivity contribution in [2.75, 3.05) is 0 Å². The summed E-state index contributed by atoms with van der Waals surface area (Å²) in [4.78, 5) is 19.5. The van der Waals surface area contributed by atoms with Gasteiger partial charge in [0.2, 0.25) is 6.29 Å². The van der Waals surface area contributed by atoms with Gasteiger partial charge in [0.25, 0.3) is 0 Å². The smallest absolute Gasteiger partial charge is 0.236 e. The fourth-order valence-corrected chi connectivity index (χ4v) is 1.61. The predicted molar refractivity (Wildman–Crippen MR) is 71.2 cm³/mol. The predicted octanol–water partition coefficient (Wildman–Crippen LogP) is 2.68. The third-order valence-electron chi connectivity index (χ3n) is 2.44. The molecular weight excluding hydrogens is 224 g/mol. The van der Waals surface area contributed by atoms with E-state index in [0.29, 0.717) is 22.5 Å². The molecule has 0 amide bonds. The zero-order valence-corrected chi connectivity index (χ0v) is 9.71. The van der Waals surface area contributed by atoms with Crippen molar-refractivity contribution in [1.82, 2.24) is 9.97 Å². The number of hydrogen-bond donors (Lipinski definition) is 0. The highest BCUT2D eigenvalue weighted by atomic mass is 16.1. The van der Waals surface area contributed by atoms with Gasteiger partial charge in [0.1, 0.15) is 0 Å². The second kappa shape index (κ2) is 5.68. The summed E-state index contributed by atoms with van der Waals surface area (Å²) in [7, 11) is 0. The van der Waals surface area contributed by atoms with Crippen LogP contribution >= 0.6 is 0 Å². The van der Waals surface area contributed by atoms with E-state index in [1.54, 1.807) is 30.6 Å². The molecule has 0 saturated carbocycles. The molecule has 0 bridgehead atoms. The van der Waals surface area contributed by atoms with E-state index >= 15 is 0 Å². The Kier molecular flexibility index (Phi) is 3.76. The van der Waals surface area contributed by atoms with E-state index in [9.17, 15) is 4.79 Å². The Labute approximate surface area is 106 Å². The van der Waals surface area contributed by atoms with Crippen LogP contribution in [0.25, 0.3) is 11.1 Å². The Morgan fingerprint density at radius 1 is 1.06 bits per heavy atom. The summed E-state index contributed by atoms with van der Waals surface area (Å²) in [6.07, 6.45) is 6.82. The quantitative estimate of drug-likeness (QED) is 0.604. The Bertz CT molecular complexity index is 520. The van der Waals surface area contributed by atoms with Crippen molar-refractivity contribution in [3.8, 4) is 0 Å². The lowest BCUT2D eigenvalue weighted by molar-refractivity contribution is 0.565. The van der Waals surface area contributed by atoms with Crippen molar-refractivity contribution in [3.05, 3.63) is 72.8 Å². The van der Waals surface area contributed by atoms with Gasteiger partial charge in [-0.05, 0) is 24.3 Å². The Hall–Kier alpha value is -2.55. The van der Waals surface area contributed by atoms with Crippen LogP contribution in [-0.4, -0.2) is 16.3 Å². The van der Waals surface area contributed by atoms with Gasteiger partial charge in [-0.15, -0.1) is 0 Å². The largest absolute Gasteiger partial charge is 0.285 e. The first-order valence-corrected chi connectivity index (χ1v) is 5.44. The minimum absolute atomic E-state index is 0.365. The zero-order chi connectivity index (χ0) is 12.8. The minimum Gasteiger partial charge on any atom is -0.285 e. The van der Waals surface area contributed by atoms with E-state index < -0.39 is 0 Å². The Balaban J connectivity index is 2.61. The first-order valence-electron chi connectivity index (χ1n) is 5.44. The van der Waals surface area contributed by atoms with Gasteiger partial charge in [-0.2, -0.15) is 0 Å². The van der Waals surface area contributed by atoms with E-state index in [1.807, 2.05) is 30.6 Å². The maximum Gasteiger partial charge on any atom is 0.236 e. The second-order valence-electron chi connectivity index (χ2n) is 3.52. The van der Waals surface area contributed by atoms with Crippen LogP contribution in [0.15, 0.2) is 61.4 Å². The van der Waals surface area contributed by atoms with Crippen LogP contribution in [0, 0.1) is 0 Å². The van der Waals surface area contributed by atoms with Crippen molar-refractivity contribution in [2.24, 2.45) is 0 Å². The fraction of sp³-hybridized carbons (Fsp3) is 0. The van der Waals surface area contributed by atoms with Gasteiger partial charge < -0.3 is 0 Å². The number of aromatic nitrogens is 2. The summed E-state index contributed by atoms with van der Waals surface area (Å²) in [5.74, 6) is 0. The van der Waals surface area contributed by atoms with Gasteiger partial charge in [0.05, 0.1) is 17.0 Å². The van der Waals surface area contributed by atoms with Crippen LogP contribution in [0.2, 0.25) is 0 Å². The lowest BCUT2D eigenvalue weighted by atomic mass is 10.0. The van der Waals surface area contributed by atoms with Crippen LogP contribution in [0.5, 0.6) is 0 Å². The molecule has 0 aliphatic heterocycles. The molecule has 0 N–H and O–H groups in total. The van der Waals surface area contributed by atoms with Crippen molar-refractivity contribution >= 4 is 17.4 Å². The molecule has 0 spiro atoms. The highest BCUT2D eigenvalue weighted by Gasteiger charge is 2.10. The summed E-state index contributed by atoms with van der Waals surface area (Å²) >= 11 is 0. The number of allylic oxidation sites excluding steroid dienone is 3. The third-order valence-corrected chi connectivity index (χ3v) is 2.44. The summed E-state index contributed by atoms with van der Waals surface area (Å²) in [5, 5.41) is 0. The summed E-state index contributed by atoms with van der Waals surface area (Å²) in [6.45, 7) is 3.73. The maximum atomic E-state index is 11.2. The number of nitrogens with zero attached hydrogens (tertiary/aromatic N) is 2. The highest BCUT2D eigenvalue weighted by molar-refractivity contribution is 6.18. The average molecular weight is 235 g/mol. The molecule has 2 aromatic rings. The SMILES string of the molecule is C=C/C(=C(\[C]=O)c1ccccn1)c1ccccn1. The van der Waals surface area contributed by atoms with Crippen LogP contribution in [0.1, 0.15) is 11.4 Å². The Morgan fingerprint density at radius 3 is 2.11 bits per heavy atom. The first-order chi connectivity index (χ1) is 8.86. The van der Waals surface area contributed by atoms with Crippen LogP contribution in [-0.2, 0) is 4.79 Å². The van der Waals surface area contributed by atoms with Gasteiger partial charge in [-0.1, -0.05) is 24.8 Å². The van der Waals surface area contributed by atoms with E-state index in [-0.39, 0.29) is 0 Å². The molecule has 2 heterocycles. The molecule has 3 nitrogen and oxygen atoms in total. The molecule has 0 aliphatic carbocycles. The van der Waals surface area contributed by atoms with Crippen LogP contribution < -0.4 is 0 Å². The molecule has 0 atom stereocenters. The average Bonchev–Trinajstić information content (AvgIpc) is 2.46.